The van der Waals surface area contributed by atoms with Crippen molar-refractivity contribution >= 4 is 21.6 Å². The Morgan fingerprint density at radius 2 is 2.24 bits per heavy atom. The van der Waals surface area contributed by atoms with Crippen LogP contribution in [0.25, 0.3) is 0 Å². The molecule has 1 aliphatic rings. The van der Waals surface area contributed by atoms with E-state index in [1.807, 2.05) is 0 Å². The van der Waals surface area contributed by atoms with Crippen LogP contribution in [0.1, 0.15) is 12.8 Å². The molecule has 0 radical (unpaired) electrons. The number of pyridine rings is 1. The second kappa shape index (κ2) is 4.88. The summed E-state index contributed by atoms with van der Waals surface area (Å²) in [6.07, 6.45) is 3.64. The molecule has 1 saturated heterocycles. The molecule has 7 heteroatoms. The lowest BCUT2D eigenvalue weighted by Crippen LogP contribution is -2.40. The van der Waals surface area contributed by atoms with Crippen molar-refractivity contribution in [2.24, 2.45) is 0 Å². The van der Waals surface area contributed by atoms with E-state index in [1.165, 1.54) is 4.31 Å². The van der Waals surface area contributed by atoms with Crippen LogP contribution < -0.4 is 0 Å². The van der Waals surface area contributed by atoms with Crippen molar-refractivity contribution in [1.29, 1.82) is 0 Å². The van der Waals surface area contributed by atoms with Crippen LogP contribution in [0.3, 0.4) is 0 Å². The molecule has 0 spiro atoms. The van der Waals surface area contributed by atoms with E-state index in [0.717, 1.165) is 31.3 Å². The molecule has 2 rings (SSSR count). The highest BCUT2D eigenvalue weighted by Crippen LogP contribution is 2.22. The molecule has 1 atom stereocenters. The number of sulfonamides is 1. The largest absolute Gasteiger partial charge is 0.260 e. The topological polar surface area (TPSA) is 50.3 Å². The number of piperidine rings is 1. The number of hydrogen-bond acceptors (Lipinski definition) is 3. The quantitative estimate of drug-likeness (QED) is 0.773. The summed E-state index contributed by atoms with van der Waals surface area (Å²) in [5.41, 5.74) is 0. The zero-order valence-electron chi connectivity index (χ0n) is 9.01. The van der Waals surface area contributed by atoms with Crippen LogP contribution >= 0.6 is 11.6 Å². The van der Waals surface area contributed by atoms with E-state index >= 15 is 0 Å². The third-order valence-corrected chi connectivity index (χ3v) is 4.83. The highest BCUT2D eigenvalue weighted by molar-refractivity contribution is 7.89. The van der Waals surface area contributed by atoms with Gasteiger partial charge in [0.05, 0.1) is 6.20 Å². The lowest BCUT2D eigenvalue weighted by atomic mass is 10.2. The Morgan fingerprint density at radius 3 is 2.88 bits per heavy atom. The first kappa shape index (κ1) is 12.7. The van der Waals surface area contributed by atoms with E-state index in [4.69, 9.17) is 11.6 Å². The average Bonchev–Trinajstić information content (AvgIpc) is 2.29. The van der Waals surface area contributed by atoms with Crippen LogP contribution in [-0.4, -0.2) is 36.2 Å². The molecule has 4 nitrogen and oxygen atoms in total. The smallest absolute Gasteiger partial charge is 0.244 e. The van der Waals surface area contributed by atoms with Crippen molar-refractivity contribution in [1.82, 2.24) is 9.29 Å². The lowest BCUT2D eigenvalue weighted by molar-refractivity contribution is 0.350. The van der Waals surface area contributed by atoms with Gasteiger partial charge in [-0.1, -0.05) is 0 Å². The minimum atomic E-state index is -3.67. The van der Waals surface area contributed by atoms with E-state index in [1.54, 1.807) is 0 Å². The van der Waals surface area contributed by atoms with Crippen LogP contribution in [-0.2, 0) is 10.0 Å². The number of rotatable bonds is 2. The van der Waals surface area contributed by atoms with Crippen LogP contribution in [0.2, 0.25) is 0 Å². The highest BCUT2D eigenvalue weighted by atomic mass is 35.5. The van der Waals surface area contributed by atoms with Crippen molar-refractivity contribution in [3.05, 3.63) is 24.3 Å². The molecule has 0 N–H and O–H groups in total. The van der Waals surface area contributed by atoms with Gasteiger partial charge in [-0.2, -0.15) is 4.31 Å². The summed E-state index contributed by atoms with van der Waals surface area (Å²) in [6.45, 7) is 0.683. The van der Waals surface area contributed by atoms with E-state index in [0.29, 0.717) is 6.54 Å². The summed E-state index contributed by atoms with van der Waals surface area (Å²) >= 11 is 5.94. The summed E-state index contributed by atoms with van der Waals surface area (Å²) in [7, 11) is -3.67. The number of aromatic nitrogens is 1. The fourth-order valence-corrected chi connectivity index (χ4v) is 3.70. The maximum atomic E-state index is 13.0. The Hall–Kier alpha value is -0.720. The zero-order valence-corrected chi connectivity index (χ0v) is 10.6. The molecule has 17 heavy (non-hydrogen) atoms. The van der Waals surface area contributed by atoms with Crippen molar-refractivity contribution in [3.8, 4) is 0 Å². The Bertz CT molecular complexity index is 509. The van der Waals surface area contributed by atoms with E-state index in [-0.39, 0.29) is 16.8 Å². The minimum Gasteiger partial charge on any atom is -0.260 e. The molecule has 1 fully saturated rings. The van der Waals surface area contributed by atoms with Crippen LogP contribution in [0.4, 0.5) is 4.39 Å². The van der Waals surface area contributed by atoms with Gasteiger partial charge in [0.15, 0.2) is 0 Å². The minimum absolute atomic E-state index is 0.122. The van der Waals surface area contributed by atoms with E-state index < -0.39 is 15.8 Å². The molecule has 0 saturated carbocycles. The van der Waals surface area contributed by atoms with E-state index in [2.05, 4.69) is 4.98 Å². The van der Waals surface area contributed by atoms with Gasteiger partial charge in [-0.3, -0.25) is 4.98 Å². The van der Waals surface area contributed by atoms with Crippen LogP contribution in [0.15, 0.2) is 23.4 Å². The fraction of sp³-hybridized carbons (Fsp3) is 0.500. The molecular weight excluding hydrogens is 267 g/mol. The standard InChI is InChI=1S/C10H12ClFN2O2S/c11-8-2-1-3-14(7-8)17(15,16)10-4-9(12)5-13-6-10/h4-6,8H,1-3,7H2. The maximum Gasteiger partial charge on any atom is 0.244 e. The first-order valence-electron chi connectivity index (χ1n) is 5.25. The molecule has 1 unspecified atom stereocenters. The molecule has 1 aliphatic heterocycles. The first-order valence-corrected chi connectivity index (χ1v) is 7.12. The Labute approximate surface area is 104 Å². The van der Waals surface area contributed by atoms with Crippen molar-refractivity contribution in [3.63, 3.8) is 0 Å². The normalized spacial score (nSPS) is 22.6. The van der Waals surface area contributed by atoms with Gasteiger partial charge >= 0.3 is 0 Å². The Morgan fingerprint density at radius 1 is 1.47 bits per heavy atom. The van der Waals surface area contributed by atoms with Gasteiger partial charge in [-0.05, 0) is 18.9 Å². The average molecular weight is 279 g/mol. The van der Waals surface area contributed by atoms with Crippen LogP contribution in [0, 0.1) is 5.82 Å². The molecule has 0 bridgehead atoms. The lowest BCUT2D eigenvalue weighted by Gasteiger charge is -2.28. The second-order valence-corrected chi connectivity index (χ2v) is 6.50. The third kappa shape index (κ3) is 2.75. The fourth-order valence-electron chi connectivity index (χ4n) is 1.79. The van der Waals surface area contributed by atoms with Gasteiger partial charge in [0.1, 0.15) is 10.7 Å². The SMILES string of the molecule is O=S(=O)(c1cncc(F)c1)N1CCCC(Cl)C1. The van der Waals surface area contributed by atoms with Crippen LogP contribution in [0.5, 0.6) is 0 Å². The number of nitrogens with zero attached hydrogens (tertiary/aromatic N) is 2. The van der Waals surface area contributed by atoms with Gasteiger partial charge in [-0.25, -0.2) is 12.8 Å². The third-order valence-electron chi connectivity index (χ3n) is 2.64. The van der Waals surface area contributed by atoms with Gasteiger partial charge < -0.3 is 0 Å². The van der Waals surface area contributed by atoms with Crippen molar-refractivity contribution in [2.45, 2.75) is 23.1 Å². The van der Waals surface area contributed by atoms with Crippen molar-refractivity contribution in [2.75, 3.05) is 13.1 Å². The molecule has 94 valence electrons. The summed E-state index contributed by atoms with van der Waals surface area (Å²) in [5, 5.41) is -0.181. The summed E-state index contributed by atoms with van der Waals surface area (Å²) in [6, 6.07) is 0.972. The second-order valence-electron chi connectivity index (χ2n) is 3.94. The predicted molar refractivity (Wildman–Crippen MR) is 61.8 cm³/mol. The summed E-state index contributed by atoms with van der Waals surface area (Å²) < 4.78 is 38.5. The molecule has 2 heterocycles. The van der Waals surface area contributed by atoms with E-state index in [9.17, 15) is 12.8 Å². The highest BCUT2D eigenvalue weighted by Gasteiger charge is 2.29. The number of alkyl halides is 1. The first-order chi connectivity index (χ1) is 8.00. The molecule has 0 amide bonds. The monoisotopic (exact) mass is 278 g/mol. The molecule has 1 aromatic heterocycles. The molecular formula is C10H12ClFN2O2S. The summed E-state index contributed by atoms with van der Waals surface area (Å²) in [4.78, 5) is 3.43. The molecule has 1 aromatic rings. The maximum absolute atomic E-state index is 13.0. The molecule has 0 aromatic carbocycles. The van der Waals surface area contributed by atoms with Gasteiger partial charge in [-0.15, -0.1) is 11.6 Å². The van der Waals surface area contributed by atoms with Gasteiger partial charge in [0.2, 0.25) is 10.0 Å². The Balaban J connectivity index is 2.29. The van der Waals surface area contributed by atoms with Gasteiger partial charge in [0, 0.05) is 24.7 Å². The summed E-state index contributed by atoms with van der Waals surface area (Å²) in [5.74, 6) is -0.662. The molecule has 0 aliphatic carbocycles. The van der Waals surface area contributed by atoms with Gasteiger partial charge in [0.25, 0.3) is 0 Å². The van der Waals surface area contributed by atoms with Crippen molar-refractivity contribution < 1.29 is 12.8 Å². The Kier molecular flexibility index (Phi) is 3.65. The predicted octanol–water partition coefficient (Wildman–Crippen LogP) is 1.61. The number of hydrogen-bond donors (Lipinski definition) is 0. The zero-order chi connectivity index (χ0) is 12.5. The number of halogens is 2.